The highest BCUT2D eigenvalue weighted by Gasteiger charge is 2.14. The van der Waals surface area contributed by atoms with Gasteiger partial charge in [-0.25, -0.2) is 0 Å². The van der Waals surface area contributed by atoms with E-state index in [9.17, 15) is 9.59 Å². The summed E-state index contributed by atoms with van der Waals surface area (Å²) in [4.78, 5) is 30.5. The van der Waals surface area contributed by atoms with Crippen molar-refractivity contribution in [1.29, 1.82) is 0 Å². The maximum Gasteiger partial charge on any atom is 0.279 e. The smallest absolute Gasteiger partial charge is 0.279 e. The van der Waals surface area contributed by atoms with Crippen LogP contribution in [-0.4, -0.2) is 36.6 Å². The fourth-order valence-corrected chi connectivity index (χ4v) is 4.60. The monoisotopic (exact) mass is 460 g/mol. The zero-order valence-corrected chi connectivity index (χ0v) is 19.3. The van der Waals surface area contributed by atoms with E-state index in [-0.39, 0.29) is 11.7 Å². The SMILES string of the molecule is CCOCCn1c(=NC(=O)c2ccc(C(=O)c3ccccc3)cc2)sc2cccc(OC)c21. The number of amides is 1. The predicted octanol–water partition coefficient (Wildman–Crippen LogP) is 4.72. The van der Waals surface area contributed by atoms with E-state index in [2.05, 4.69) is 4.99 Å². The van der Waals surface area contributed by atoms with Crippen molar-refractivity contribution in [2.45, 2.75) is 13.5 Å². The lowest BCUT2D eigenvalue weighted by Gasteiger charge is -2.08. The molecule has 0 atom stereocenters. The van der Waals surface area contributed by atoms with E-state index in [4.69, 9.17) is 9.47 Å². The van der Waals surface area contributed by atoms with Gasteiger partial charge >= 0.3 is 0 Å². The number of methoxy groups -OCH3 is 1. The number of rotatable bonds is 8. The van der Waals surface area contributed by atoms with Crippen LogP contribution in [0.15, 0.2) is 77.8 Å². The standard InChI is InChI=1S/C26H24N2O4S/c1-3-32-17-16-28-23-21(31-2)10-7-11-22(23)33-26(28)27-25(30)20-14-12-19(13-15-20)24(29)18-8-5-4-6-9-18/h4-15H,3,16-17H2,1-2H3. The molecule has 0 N–H and O–H groups in total. The van der Waals surface area contributed by atoms with Gasteiger partial charge in [-0.05, 0) is 31.2 Å². The maximum absolute atomic E-state index is 13.0. The third-order valence-corrected chi connectivity index (χ3v) is 6.22. The van der Waals surface area contributed by atoms with E-state index in [0.717, 1.165) is 16.0 Å². The summed E-state index contributed by atoms with van der Waals surface area (Å²) in [6.07, 6.45) is 0. The number of ether oxygens (including phenoxy) is 2. The van der Waals surface area contributed by atoms with Gasteiger partial charge in [0.15, 0.2) is 10.6 Å². The van der Waals surface area contributed by atoms with Crippen LogP contribution >= 0.6 is 11.3 Å². The Kier molecular flexibility index (Phi) is 7.12. The third kappa shape index (κ3) is 4.94. The van der Waals surface area contributed by atoms with E-state index >= 15 is 0 Å². The highest BCUT2D eigenvalue weighted by atomic mass is 32.1. The first-order valence-electron chi connectivity index (χ1n) is 10.7. The number of hydrogen-bond acceptors (Lipinski definition) is 5. The number of fused-ring (bicyclic) bond motifs is 1. The minimum Gasteiger partial charge on any atom is -0.495 e. The van der Waals surface area contributed by atoms with Crippen LogP contribution in [0, 0.1) is 0 Å². The Bertz CT molecular complexity index is 1340. The number of thiazole rings is 1. The number of aromatic nitrogens is 1. The molecular formula is C26H24N2O4S. The van der Waals surface area contributed by atoms with Crippen LogP contribution < -0.4 is 9.54 Å². The fourth-order valence-electron chi connectivity index (χ4n) is 3.53. The summed E-state index contributed by atoms with van der Waals surface area (Å²) in [5.74, 6) is 0.263. The van der Waals surface area contributed by atoms with Gasteiger partial charge in [-0.1, -0.05) is 59.9 Å². The van der Waals surface area contributed by atoms with Crippen molar-refractivity contribution in [2.24, 2.45) is 4.99 Å². The van der Waals surface area contributed by atoms with Crippen molar-refractivity contribution < 1.29 is 19.1 Å². The Morgan fingerprint density at radius 2 is 1.61 bits per heavy atom. The maximum atomic E-state index is 13.0. The highest BCUT2D eigenvalue weighted by Crippen LogP contribution is 2.27. The lowest BCUT2D eigenvalue weighted by atomic mass is 10.0. The molecule has 0 radical (unpaired) electrons. The average molecular weight is 461 g/mol. The first-order valence-corrected chi connectivity index (χ1v) is 11.5. The molecule has 0 fully saturated rings. The Balaban J connectivity index is 1.67. The molecule has 0 bridgehead atoms. The zero-order valence-electron chi connectivity index (χ0n) is 18.5. The Hall–Kier alpha value is -3.55. The number of hydrogen-bond donors (Lipinski definition) is 0. The zero-order chi connectivity index (χ0) is 23.2. The molecule has 0 spiro atoms. The van der Waals surface area contributed by atoms with Gasteiger partial charge in [0.05, 0.1) is 18.4 Å². The van der Waals surface area contributed by atoms with Crippen LogP contribution in [0.25, 0.3) is 10.2 Å². The molecule has 3 aromatic carbocycles. The number of carbonyl (C=O) groups is 2. The molecule has 168 valence electrons. The third-order valence-electron chi connectivity index (χ3n) is 5.17. The van der Waals surface area contributed by atoms with Gasteiger partial charge < -0.3 is 14.0 Å². The molecule has 1 aromatic heterocycles. The van der Waals surface area contributed by atoms with Crippen LogP contribution in [-0.2, 0) is 11.3 Å². The molecule has 0 aliphatic heterocycles. The second kappa shape index (κ2) is 10.4. The molecule has 0 saturated carbocycles. The summed E-state index contributed by atoms with van der Waals surface area (Å²) < 4.78 is 14.0. The Labute approximate surface area is 195 Å². The largest absolute Gasteiger partial charge is 0.495 e. The number of ketones is 1. The van der Waals surface area contributed by atoms with Crippen molar-refractivity contribution in [3.63, 3.8) is 0 Å². The Morgan fingerprint density at radius 1 is 0.909 bits per heavy atom. The van der Waals surface area contributed by atoms with Crippen molar-refractivity contribution in [1.82, 2.24) is 4.57 Å². The van der Waals surface area contributed by atoms with E-state index < -0.39 is 0 Å². The summed E-state index contributed by atoms with van der Waals surface area (Å²) in [6.45, 7) is 3.60. The van der Waals surface area contributed by atoms with Crippen LogP contribution in [0.3, 0.4) is 0 Å². The first kappa shape index (κ1) is 22.6. The van der Waals surface area contributed by atoms with Gasteiger partial charge in [-0.15, -0.1) is 0 Å². The van der Waals surface area contributed by atoms with Gasteiger partial charge in [-0.3, -0.25) is 9.59 Å². The number of nitrogens with zero attached hydrogens (tertiary/aromatic N) is 2. The fraction of sp³-hybridized carbons (Fsp3) is 0.192. The van der Waals surface area contributed by atoms with Gasteiger partial charge in [-0.2, -0.15) is 4.99 Å². The van der Waals surface area contributed by atoms with Crippen molar-refractivity contribution >= 4 is 33.2 Å². The number of carbonyl (C=O) groups excluding carboxylic acids is 2. The van der Waals surface area contributed by atoms with Crippen LogP contribution in [0.2, 0.25) is 0 Å². The van der Waals surface area contributed by atoms with Gasteiger partial charge in [0.25, 0.3) is 5.91 Å². The summed E-state index contributed by atoms with van der Waals surface area (Å²) >= 11 is 1.43. The van der Waals surface area contributed by atoms with E-state index in [1.54, 1.807) is 43.5 Å². The molecule has 0 saturated heterocycles. The molecule has 0 aliphatic carbocycles. The van der Waals surface area contributed by atoms with E-state index in [1.165, 1.54) is 11.3 Å². The van der Waals surface area contributed by atoms with Crippen molar-refractivity contribution in [3.05, 3.63) is 94.3 Å². The summed E-state index contributed by atoms with van der Waals surface area (Å²) in [5, 5.41) is 0. The van der Waals surface area contributed by atoms with Crippen molar-refractivity contribution in [2.75, 3.05) is 20.3 Å². The summed E-state index contributed by atoms with van der Waals surface area (Å²) in [6, 6.07) is 21.4. The lowest BCUT2D eigenvalue weighted by molar-refractivity contribution is 0.0993. The molecule has 33 heavy (non-hydrogen) atoms. The van der Waals surface area contributed by atoms with Gasteiger partial charge in [0, 0.05) is 29.8 Å². The molecular weight excluding hydrogens is 436 g/mol. The predicted molar refractivity (Wildman–Crippen MR) is 129 cm³/mol. The second-order valence-corrected chi connectivity index (χ2v) is 8.24. The lowest BCUT2D eigenvalue weighted by Crippen LogP contribution is -2.20. The second-order valence-electron chi connectivity index (χ2n) is 7.23. The van der Waals surface area contributed by atoms with Gasteiger partial charge in [0.1, 0.15) is 11.3 Å². The average Bonchev–Trinajstić information content (AvgIpc) is 3.21. The molecule has 0 aliphatic rings. The molecule has 7 heteroatoms. The minimum atomic E-state index is -0.371. The van der Waals surface area contributed by atoms with Crippen molar-refractivity contribution in [3.8, 4) is 5.75 Å². The number of benzene rings is 3. The quantitative estimate of drug-likeness (QED) is 0.282. The van der Waals surface area contributed by atoms with Crippen LogP contribution in [0.1, 0.15) is 33.2 Å². The van der Waals surface area contributed by atoms with Gasteiger partial charge in [0.2, 0.25) is 0 Å². The molecule has 0 unspecified atom stereocenters. The van der Waals surface area contributed by atoms with E-state index in [1.807, 2.05) is 47.9 Å². The molecule has 1 amide bonds. The van der Waals surface area contributed by atoms with Crippen LogP contribution in [0.4, 0.5) is 0 Å². The molecule has 4 aromatic rings. The topological polar surface area (TPSA) is 69.9 Å². The van der Waals surface area contributed by atoms with E-state index in [0.29, 0.717) is 41.3 Å². The Morgan fingerprint density at radius 3 is 2.30 bits per heavy atom. The first-order chi connectivity index (χ1) is 16.1. The highest BCUT2D eigenvalue weighted by molar-refractivity contribution is 7.16. The normalized spacial score (nSPS) is 11.6. The molecule has 1 heterocycles. The molecule has 4 rings (SSSR count). The number of para-hydroxylation sites is 1. The minimum absolute atomic E-state index is 0.0862. The van der Waals surface area contributed by atoms with Crippen LogP contribution in [0.5, 0.6) is 5.75 Å². The summed E-state index contributed by atoms with van der Waals surface area (Å²) in [5.41, 5.74) is 2.44. The molecule has 6 nitrogen and oxygen atoms in total. The summed E-state index contributed by atoms with van der Waals surface area (Å²) in [7, 11) is 1.62.